The van der Waals surface area contributed by atoms with E-state index in [2.05, 4.69) is 20.9 Å². The molecule has 1 aromatic heterocycles. The lowest BCUT2D eigenvalue weighted by atomic mass is 10.2. The predicted octanol–water partition coefficient (Wildman–Crippen LogP) is 5.46. The molecule has 0 aliphatic carbocycles. The van der Waals surface area contributed by atoms with Gasteiger partial charge in [0.15, 0.2) is 0 Å². The highest BCUT2D eigenvalue weighted by Crippen LogP contribution is 2.17. The Kier molecular flexibility index (Phi) is 4.69. The molecule has 4 rings (SSSR count). The van der Waals surface area contributed by atoms with Crippen molar-refractivity contribution in [1.29, 1.82) is 0 Å². The quantitative estimate of drug-likeness (QED) is 0.441. The van der Waals surface area contributed by atoms with E-state index in [1.54, 1.807) is 36.4 Å². The number of hydrogen-bond donors (Lipinski definition) is 0. The van der Waals surface area contributed by atoms with Gasteiger partial charge in [-0.25, -0.2) is 9.37 Å². The van der Waals surface area contributed by atoms with Crippen LogP contribution >= 0.6 is 15.9 Å². The van der Waals surface area contributed by atoms with E-state index < -0.39 is 5.82 Å². The van der Waals surface area contributed by atoms with E-state index >= 15 is 0 Å². The van der Waals surface area contributed by atoms with Crippen molar-refractivity contribution >= 4 is 39.0 Å². The zero-order valence-electron chi connectivity index (χ0n) is 14.1. The molecule has 0 unspecified atom stereocenters. The molecule has 132 valence electrons. The normalized spacial score (nSPS) is 11.3. The lowest BCUT2D eigenvalue weighted by Crippen LogP contribution is -2.22. The number of benzene rings is 3. The van der Waals surface area contributed by atoms with Crippen LogP contribution in [0.2, 0.25) is 0 Å². The SMILES string of the molecule is O=c1c2ccccc2nc(C=Cc2cccc(Br)c2)n1-c1cccc(F)c1. The summed E-state index contributed by atoms with van der Waals surface area (Å²) in [5.41, 5.74) is 1.76. The van der Waals surface area contributed by atoms with Crippen molar-refractivity contribution in [2.45, 2.75) is 0 Å². The highest BCUT2D eigenvalue weighted by molar-refractivity contribution is 9.10. The number of fused-ring (bicyclic) bond motifs is 1. The third-order valence-corrected chi connectivity index (χ3v) is 4.63. The molecule has 3 aromatic carbocycles. The van der Waals surface area contributed by atoms with Crippen LogP contribution in [0.4, 0.5) is 4.39 Å². The summed E-state index contributed by atoms with van der Waals surface area (Å²) in [6, 6.07) is 20.9. The van der Waals surface area contributed by atoms with E-state index in [9.17, 15) is 9.18 Å². The van der Waals surface area contributed by atoms with Gasteiger partial charge in [-0.3, -0.25) is 9.36 Å². The Hall–Kier alpha value is -3.05. The van der Waals surface area contributed by atoms with Gasteiger partial charge >= 0.3 is 0 Å². The van der Waals surface area contributed by atoms with E-state index in [0.717, 1.165) is 10.0 Å². The molecule has 0 saturated heterocycles. The van der Waals surface area contributed by atoms with Crippen LogP contribution in [0, 0.1) is 5.82 Å². The monoisotopic (exact) mass is 420 g/mol. The molecule has 0 bridgehead atoms. The number of hydrogen-bond acceptors (Lipinski definition) is 2. The average Bonchev–Trinajstić information content (AvgIpc) is 2.66. The topological polar surface area (TPSA) is 34.9 Å². The Morgan fingerprint density at radius 1 is 0.926 bits per heavy atom. The maximum atomic E-state index is 13.8. The van der Waals surface area contributed by atoms with Crippen LogP contribution in [-0.2, 0) is 0 Å². The molecule has 0 spiro atoms. The molecular formula is C22H14BrFN2O. The molecule has 1 heterocycles. The number of halogens is 2. The molecule has 0 aliphatic heterocycles. The molecule has 0 atom stereocenters. The fourth-order valence-electron chi connectivity index (χ4n) is 2.91. The smallest absolute Gasteiger partial charge is 0.266 e. The van der Waals surface area contributed by atoms with E-state index in [-0.39, 0.29) is 5.56 Å². The summed E-state index contributed by atoms with van der Waals surface area (Å²) in [4.78, 5) is 17.7. The lowest BCUT2D eigenvalue weighted by molar-refractivity contribution is 0.626. The summed E-state index contributed by atoms with van der Waals surface area (Å²) < 4.78 is 16.2. The summed E-state index contributed by atoms with van der Waals surface area (Å²) >= 11 is 3.45. The maximum absolute atomic E-state index is 13.8. The van der Waals surface area contributed by atoms with Gasteiger partial charge in [-0.2, -0.15) is 0 Å². The second-order valence-corrected chi connectivity index (χ2v) is 6.91. The molecule has 0 fully saturated rings. The standard InChI is InChI=1S/C22H14BrFN2O/c23-16-6-3-5-15(13-16)11-12-21-25-20-10-2-1-9-19(20)22(27)26(21)18-8-4-7-17(24)14-18/h1-14H. The Labute approximate surface area is 163 Å². The van der Waals surface area contributed by atoms with Gasteiger partial charge in [0.2, 0.25) is 0 Å². The van der Waals surface area contributed by atoms with Crippen molar-refractivity contribution in [2.75, 3.05) is 0 Å². The fourth-order valence-corrected chi connectivity index (χ4v) is 3.32. The van der Waals surface area contributed by atoms with Crippen molar-refractivity contribution in [3.8, 4) is 5.69 Å². The molecular weight excluding hydrogens is 407 g/mol. The van der Waals surface area contributed by atoms with E-state index in [1.807, 2.05) is 36.4 Å². The first-order chi connectivity index (χ1) is 13.1. The zero-order chi connectivity index (χ0) is 18.8. The van der Waals surface area contributed by atoms with Crippen LogP contribution < -0.4 is 5.56 Å². The molecule has 4 aromatic rings. The van der Waals surface area contributed by atoms with Crippen molar-refractivity contribution in [1.82, 2.24) is 9.55 Å². The minimum Gasteiger partial charge on any atom is -0.268 e. The van der Waals surface area contributed by atoms with Crippen LogP contribution in [0.15, 0.2) is 82.1 Å². The van der Waals surface area contributed by atoms with Crippen molar-refractivity contribution in [3.63, 3.8) is 0 Å². The number of para-hydroxylation sites is 1. The van der Waals surface area contributed by atoms with Crippen LogP contribution in [0.25, 0.3) is 28.7 Å². The van der Waals surface area contributed by atoms with Crippen LogP contribution in [0.1, 0.15) is 11.4 Å². The van der Waals surface area contributed by atoms with E-state index in [0.29, 0.717) is 22.4 Å². The van der Waals surface area contributed by atoms with Gasteiger partial charge in [0, 0.05) is 4.47 Å². The van der Waals surface area contributed by atoms with Gasteiger partial charge in [0.1, 0.15) is 11.6 Å². The van der Waals surface area contributed by atoms with Crippen LogP contribution in [-0.4, -0.2) is 9.55 Å². The molecule has 0 N–H and O–H groups in total. The van der Waals surface area contributed by atoms with Gasteiger partial charge in [-0.15, -0.1) is 0 Å². The van der Waals surface area contributed by atoms with Crippen LogP contribution in [0.5, 0.6) is 0 Å². The van der Waals surface area contributed by atoms with Gasteiger partial charge in [-0.1, -0.05) is 52.3 Å². The Morgan fingerprint density at radius 2 is 1.74 bits per heavy atom. The van der Waals surface area contributed by atoms with Crippen molar-refractivity contribution in [2.24, 2.45) is 0 Å². The third kappa shape index (κ3) is 3.59. The second-order valence-electron chi connectivity index (χ2n) is 6.00. The zero-order valence-corrected chi connectivity index (χ0v) is 15.7. The average molecular weight is 421 g/mol. The van der Waals surface area contributed by atoms with Gasteiger partial charge < -0.3 is 0 Å². The fraction of sp³-hybridized carbons (Fsp3) is 0. The summed E-state index contributed by atoms with van der Waals surface area (Å²) in [5.74, 6) is 0.0266. The maximum Gasteiger partial charge on any atom is 0.266 e. The lowest BCUT2D eigenvalue weighted by Gasteiger charge is -2.11. The number of nitrogens with zero attached hydrogens (tertiary/aromatic N) is 2. The minimum atomic E-state index is -0.408. The molecule has 3 nitrogen and oxygen atoms in total. The highest BCUT2D eigenvalue weighted by atomic mass is 79.9. The number of aromatic nitrogens is 2. The summed E-state index contributed by atoms with van der Waals surface area (Å²) in [7, 11) is 0. The molecule has 0 aliphatic rings. The van der Waals surface area contributed by atoms with Crippen LogP contribution in [0.3, 0.4) is 0 Å². The van der Waals surface area contributed by atoms with Crippen molar-refractivity contribution < 1.29 is 4.39 Å². The first-order valence-corrected chi connectivity index (χ1v) is 9.12. The summed E-state index contributed by atoms with van der Waals surface area (Å²) in [5, 5.41) is 0.487. The van der Waals surface area contributed by atoms with E-state index in [4.69, 9.17) is 0 Å². The second kappa shape index (κ2) is 7.29. The van der Waals surface area contributed by atoms with Gasteiger partial charge in [0.05, 0.1) is 16.6 Å². The Morgan fingerprint density at radius 3 is 2.56 bits per heavy atom. The first kappa shape index (κ1) is 17.4. The van der Waals surface area contributed by atoms with E-state index in [1.165, 1.54) is 16.7 Å². The summed E-state index contributed by atoms with van der Waals surface area (Å²) in [6.07, 6.45) is 3.64. The Balaban J connectivity index is 1.95. The molecule has 27 heavy (non-hydrogen) atoms. The van der Waals surface area contributed by atoms with Gasteiger partial charge in [0.25, 0.3) is 5.56 Å². The molecule has 0 amide bonds. The molecule has 0 radical (unpaired) electrons. The largest absolute Gasteiger partial charge is 0.268 e. The third-order valence-electron chi connectivity index (χ3n) is 4.14. The summed E-state index contributed by atoms with van der Waals surface area (Å²) in [6.45, 7) is 0. The molecule has 5 heteroatoms. The predicted molar refractivity (Wildman–Crippen MR) is 110 cm³/mol. The Bertz CT molecular complexity index is 1230. The van der Waals surface area contributed by atoms with Gasteiger partial charge in [-0.05, 0) is 54.1 Å². The number of rotatable bonds is 3. The first-order valence-electron chi connectivity index (χ1n) is 8.33. The highest BCUT2D eigenvalue weighted by Gasteiger charge is 2.11. The molecule has 0 saturated carbocycles. The van der Waals surface area contributed by atoms with Crippen molar-refractivity contribution in [3.05, 3.63) is 105 Å². The minimum absolute atomic E-state index is 0.236.